The van der Waals surface area contributed by atoms with Gasteiger partial charge >= 0.3 is 6.09 Å². The molecule has 4 aliphatic rings. The molecule has 0 spiro atoms. The number of ketones is 2. The number of hydrogen-bond acceptors (Lipinski definition) is 8. The number of ether oxygens (including phenoxy) is 3. The monoisotopic (exact) mass is 405 g/mol. The highest BCUT2D eigenvalue weighted by atomic mass is 16.6. The average molecular weight is 405 g/mol. The van der Waals surface area contributed by atoms with Crippen molar-refractivity contribution in [2.45, 2.75) is 50.9 Å². The van der Waals surface area contributed by atoms with Gasteiger partial charge in [0, 0.05) is 30.8 Å². The predicted molar refractivity (Wildman–Crippen MR) is 101 cm³/mol. The lowest BCUT2D eigenvalue weighted by atomic mass is 9.83. The lowest BCUT2D eigenvalue weighted by molar-refractivity contribution is -0.137. The van der Waals surface area contributed by atoms with Crippen LogP contribution >= 0.6 is 0 Å². The highest BCUT2D eigenvalue weighted by Crippen LogP contribution is 2.55. The van der Waals surface area contributed by atoms with Crippen molar-refractivity contribution in [3.8, 4) is 0 Å². The van der Waals surface area contributed by atoms with Crippen LogP contribution in [0.1, 0.15) is 33.1 Å². The molecule has 0 aromatic carbocycles. The van der Waals surface area contributed by atoms with Gasteiger partial charge in [-0.05, 0) is 13.3 Å². The van der Waals surface area contributed by atoms with E-state index in [2.05, 4.69) is 12.2 Å². The normalized spacial score (nSPS) is 32.4. The Bertz CT molecular complexity index is 834. The molecule has 0 aromatic heterocycles. The third-order valence-electron chi connectivity index (χ3n) is 6.37. The Balaban J connectivity index is 1.69. The van der Waals surface area contributed by atoms with Gasteiger partial charge in [-0.1, -0.05) is 19.8 Å². The zero-order chi connectivity index (χ0) is 20.9. The summed E-state index contributed by atoms with van der Waals surface area (Å²) in [7, 11) is 1.54. The van der Waals surface area contributed by atoms with Crippen LogP contribution in [0.3, 0.4) is 0 Å². The van der Waals surface area contributed by atoms with Gasteiger partial charge in [-0.15, -0.1) is 0 Å². The number of allylic oxidation sites excluding steroid dienone is 2. The number of Topliss-reactive ketones (excluding diaryl/α,β-unsaturated/α-hetero) is 2. The second-order valence-corrected chi connectivity index (χ2v) is 7.93. The van der Waals surface area contributed by atoms with Gasteiger partial charge in [0.05, 0.1) is 24.3 Å². The molecule has 0 saturated carbocycles. The van der Waals surface area contributed by atoms with E-state index in [0.29, 0.717) is 30.0 Å². The number of amides is 1. The zero-order valence-electron chi connectivity index (χ0n) is 16.9. The lowest BCUT2D eigenvalue weighted by Gasteiger charge is -2.39. The number of piperazine rings is 1. The Morgan fingerprint density at radius 1 is 1.31 bits per heavy atom. The van der Waals surface area contributed by atoms with E-state index >= 15 is 0 Å². The van der Waals surface area contributed by atoms with Gasteiger partial charge in [0.2, 0.25) is 11.6 Å². The second kappa shape index (κ2) is 7.14. The molecule has 2 fully saturated rings. The first-order chi connectivity index (χ1) is 13.9. The summed E-state index contributed by atoms with van der Waals surface area (Å²) in [5, 5.41) is 3.33. The van der Waals surface area contributed by atoms with Crippen LogP contribution in [0.5, 0.6) is 0 Å². The van der Waals surface area contributed by atoms with E-state index in [0.717, 1.165) is 19.3 Å². The molecule has 0 aromatic rings. The Hall–Kier alpha value is -2.39. The van der Waals surface area contributed by atoms with Crippen LogP contribution in [0.25, 0.3) is 0 Å². The fraction of sp³-hybridized carbons (Fsp3) is 0.650. The van der Waals surface area contributed by atoms with Crippen molar-refractivity contribution in [3.63, 3.8) is 0 Å². The number of nitrogens with two attached hydrogens (primary N) is 1. The molecule has 2 saturated heterocycles. The van der Waals surface area contributed by atoms with E-state index in [1.807, 2.05) is 4.90 Å². The first-order valence-corrected chi connectivity index (χ1v) is 10.1. The number of hydrogen-bond donors (Lipinski definition) is 2. The molecule has 0 radical (unpaired) electrons. The van der Waals surface area contributed by atoms with Crippen LogP contribution in [0, 0.1) is 5.92 Å². The number of primary amides is 1. The van der Waals surface area contributed by atoms with Gasteiger partial charge in [0.25, 0.3) is 0 Å². The molecule has 29 heavy (non-hydrogen) atoms. The Labute approximate surface area is 169 Å². The molecule has 4 atom stereocenters. The minimum atomic E-state index is -0.964. The highest BCUT2D eigenvalue weighted by molar-refractivity contribution is 6.25. The fourth-order valence-electron chi connectivity index (χ4n) is 4.97. The van der Waals surface area contributed by atoms with E-state index in [4.69, 9.17) is 19.9 Å². The average Bonchev–Trinajstić information content (AvgIpc) is 3.30. The van der Waals surface area contributed by atoms with Crippen molar-refractivity contribution in [2.75, 3.05) is 26.9 Å². The highest BCUT2D eigenvalue weighted by Gasteiger charge is 2.72. The second-order valence-electron chi connectivity index (χ2n) is 7.93. The number of nitrogens with one attached hydrogen (secondary N) is 1. The molecular weight excluding hydrogens is 378 g/mol. The number of carbonyl (C=O) groups is 3. The number of rotatable bonds is 8. The van der Waals surface area contributed by atoms with Crippen LogP contribution in [0.4, 0.5) is 4.79 Å². The molecule has 9 nitrogen and oxygen atoms in total. The minimum absolute atomic E-state index is 0.0607. The third kappa shape index (κ3) is 2.78. The summed E-state index contributed by atoms with van der Waals surface area (Å²) in [5.74, 6) is -1.13. The summed E-state index contributed by atoms with van der Waals surface area (Å²) in [6.45, 7) is 4.47. The number of unbranched alkanes of at least 4 members (excludes halogenated alkanes) is 2. The quantitative estimate of drug-likeness (QED) is 0.341. The molecule has 0 unspecified atom stereocenters. The summed E-state index contributed by atoms with van der Waals surface area (Å²) in [6, 6.07) is 0.105. The summed E-state index contributed by atoms with van der Waals surface area (Å²) >= 11 is 0. The van der Waals surface area contributed by atoms with Gasteiger partial charge in [-0.25, -0.2) is 4.79 Å². The van der Waals surface area contributed by atoms with Crippen molar-refractivity contribution in [2.24, 2.45) is 11.7 Å². The lowest BCUT2D eigenvalue weighted by Crippen LogP contribution is -2.55. The first kappa shape index (κ1) is 19.9. The maximum absolute atomic E-state index is 13.4. The fourth-order valence-corrected chi connectivity index (χ4v) is 4.97. The Kier molecular flexibility index (Phi) is 4.90. The van der Waals surface area contributed by atoms with E-state index < -0.39 is 17.7 Å². The van der Waals surface area contributed by atoms with Crippen molar-refractivity contribution in [1.29, 1.82) is 0 Å². The molecule has 3 heterocycles. The maximum atomic E-state index is 13.4. The third-order valence-corrected chi connectivity index (χ3v) is 6.37. The molecule has 3 N–H and O–H groups in total. The van der Waals surface area contributed by atoms with Gasteiger partial charge in [-0.3, -0.25) is 9.59 Å². The van der Waals surface area contributed by atoms with E-state index in [-0.39, 0.29) is 36.0 Å². The number of methoxy groups -OCH3 is 1. The number of carbonyl (C=O) groups excluding carboxylic acids is 3. The Morgan fingerprint density at radius 2 is 2.07 bits per heavy atom. The zero-order valence-corrected chi connectivity index (χ0v) is 16.9. The summed E-state index contributed by atoms with van der Waals surface area (Å²) in [4.78, 5) is 39.8. The largest absolute Gasteiger partial charge is 0.489 e. The number of fused-ring (bicyclic) bond motifs is 4. The van der Waals surface area contributed by atoms with E-state index in [1.54, 1.807) is 14.0 Å². The molecule has 1 aliphatic carbocycles. The summed E-state index contributed by atoms with van der Waals surface area (Å²) in [5.41, 5.74) is 5.15. The molecular formula is C20H27N3O6. The first-order valence-electron chi connectivity index (χ1n) is 10.1. The summed E-state index contributed by atoms with van der Waals surface area (Å²) < 4.78 is 16.8. The molecule has 9 heteroatoms. The van der Waals surface area contributed by atoms with Crippen molar-refractivity contribution >= 4 is 17.7 Å². The summed E-state index contributed by atoms with van der Waals surface area (Å²) in [6.07, 6.45) is 1.87. The predicted octanol–water partition coefficient (Wildman–Crippen LogP) is 0.597. The van der Waals surface area contributed by atoms with Crippen LogP contribution in [0.2, 0.25) is 0 Å². The topological polar surface area (TPSA) is 130 Å². The Morgan fingerprint density at radius 3 is 2.72 bits per heavy atom. The van der Waals surface area contributed by atoms with Crippen LogP contribution < -0.4 is 11.1 Å². The smallest absolute Gasteiger partial charge is 0.404 e. The van der Waals surface area contributed by atoms with Gasteiger partial charge in [-0.2, -0.15) is 0 Å². The van der Waals surface area contributed by atoms with Crippen molar-refractivity contribution < 1.29 is 28.6 Å². The molecule has 4 rings (SSSR count). The van der Waals surface area contributed by atoms with Gasteiger partial charge in [0.1, 0.15) is 6.61 Å². The maximum Gasteiger partial charge on any atom is 0.404 e. The standard InChI is InChI=1S/C20H27N3O6/c1-4-5-6-7-28-17-10(2)15(24)14-13(16(17)25)11(9-29-19(21)26)20(27-3)18-12(22-18)8-23(14)20/h11-12,18,22H,4-9H2,1-3H3,(H2,21,26)/t11-,12+,18+,20-/m1/s1. The minimum Gasteiger partial charge on any atom is -0.489 e. The van der Waals surface area contributed by atoms with Crippen LogP contribution in [-0.4, -0.2) is 67.2 Å². The molecule has 158 valence electrons. The van der Waals surface area contributed by atoms with Crippen LogP contribution in [-0.2, 0) is 23.8 Å². The molecule has 3 aliphatic heterocycles. The number of nitrogens with zero attached hydrogens (tertiary/aromatic N) is 1. The molecule has 1 amide bonds. The van der Waals surface area contributed by atoms with Gasteiger partial charge in [0.15, 0.2) is 11.5 Å². The van der Waals surface area contributed by atoms with E-state index in [1.165, 1.54) is 0 Å². The van der Waals surface area contributed by atoms with Crippen molar-refractivity contribution in [3.05, 3.63) is 22.6 Å². The SMILES string of the molecule is CCCCCOC1=C(C)C(=O)C2=C(C1=O)[C@@H](COC(N)=O)[C@@]1(OC)[C@H]3N[C@H]3CN21. The van der Waals surface area contributed by atoms with Crippen molar-refractivity contribution in [1.82, 2.24) is 10.2 Å². The van der Waals surface area contributed by atoms with Crippen LogP contribution in [0.15, 0.2) is 22.6 Å². The van der Waals surface area contributed by atoms with Gasteiger partial charge < -0.3 is 30.2 Å². The molecule has 0 bridgehead atoms. The van der Waals surface area contributed by atoms with E-state index in [9.17, 15) is 14.4 Å².